The van der Waals surface area contributed by atoms with E-state index in [4.69, 9.17) is 0 Å². The Bertz CT molecular complexity index is 1260. The van der Waals surface area contributed by atoms with Gasteiger partial charge in [-0.15, -0.1) is 0 Å². The number of rotatable bonds is 7. The lowest BCUT2D eigenvalue weighted by Crippen LogP contribution is -2.36. The number of nitrogens with zero attached hydrogens (tertiary/aromatic N) is 4. The van der Waals surface area contributed by atoms with Crippen LogP contribution < -0.4 is 10.9 Å². The van der Waals surface area contributed by atoms with Crippen molar-refractivity contribution in [3.05, 3.63) is 52.4 Å². The van der Waals surface area contributed by atoms with Crippen LogP contribution in [0.4, 0.5) is 24.7 Å². The van der Waals surface area contributed by atoms with Crippen molar-refractivity contribution >= 4 is 22.4 Å². The Morgan fingerprint density at radius 3 is 2.50 bits per heavy atom. The SMILES string of the molecule is N#CC[C@@H](C1CC1)n1nc(Nc2ccc([C@@H](N3CCCC3)C(F)(F)F)cc2)c2c(=O)[nH]ccc21. The number of likely N-dealkylation sites (tertiary alicyclic amines) is 1. The first kappa shape index (κ1) is 22.5. The molecule has 2 aliphatic rings. The minimum Gasteiger partial charge on any atom is -0.338 e. The number of hydrogen-bond acceptors (Lipinski definition) is 5. The summed E-state index contributed by atoms with van der Waals surface area (Å²) in [6, 6.07) is 8.34. The topological polar surface area (TPSA) is 89.7 Å². The Balaban J connectivity index is 1.47. The molecule has 0 radical (unpaired) electrons. The van der Waals surface area contributed by atoms with Gasteiger partial charge in [0.1, 0.15) is 11.4 Å². The lowest BCUT2D eigenvalue weighted by atomic mass is 10.0. The van der Waals surface area contributed by atoms with Gasteiger partial charge < -0.3 is 10.3 Å². The largest absolute Gasteiger partial charge is 0.408 e. The molecule has 1 aliphatic heterocycles. The molecule has 0 spiro atoms. The number of benzene rings is 1. The van der Waals surface area contributed by atoms with Crippen LogP contribution in [-0.2, 0) is 0 Å². The van der Waals surface area contributed by atoms with E-state index in [0.29, 0.717) is 41.4 Å². The number of anilines is 2. The number of hydrogen-bond donors (Lipinski definition) is 2. The standard InChI is InChI=1S/C24H25F3N6O/c25-24(26,27)21(32-13-1-2-14-32)16-5-7-17(8-6-16)30-22-20-19(10-12-29-23(20)34)33(31-22)18(9-11-28)15-3-4-15/h5-8,10,12,15,18,21H,1-4,9,13-14H2,(H,29,34)(H,30,31)/t18-,21+/m0/s1. The van der Waals surface area contributed by atoms with Crippen molar-refractivity contribution in [1.29, 1.82) is 5.26 Å². The Labute approximate surface area is 194 Å². The van der Waals surface area contributed by atoms with Gasteiger partial charge in [0.15, 0.2) is 5.82 Å². The predicted octanol–water partition coefficient (Wildman–Crippen LogP) is 5.03. The van der Waals surface area contributed by atoms with E-state index in [1.54, 1.807) is 29.1 Å². The number of aromatic nitrogens is 3. The van der Waals surface area contributed by atoms with Crippen molar-refractivity contribution in [3.8, 4) is 6.07 Å². The molecule has 1 saturated carbocycles. The predicted molar refractivity (Wildman–Crippen MR) is 122 cm³/mol. The smallest absolute Gasteiger partial charge is 0.338 e. The maximum atomic E-state index is 13.8. The third-order valence-electron chi connectivity index (χ3n) is 6.72. The first-order valence-electron chi connectivity index (χ1n) is 11.5. The summed E-state index contributed by atoms with van der Waals surface area (Å²) in [5.74, 6) is 0.666. The Morgan fingerprint density at radius 2 is 1.88 bits per heavy atom. The minimum absolute atomic E-state index is 0.125. The number of nitrogens with one attached hydrogen (secondary N) is 2. The van der Waals surface area contributed by atoms with E-state index in [1.165, 1.54) is 17.0 Å². The van der Waals surface area contributed by atoms with Gasteiger partial charge in [-0.2, -0.15) is 23.5 Å². The summed E-state index contributed by atoms with van der Waals surface area (Å²) in [5.41, 5.74) is 1.03. The van der Waals surface area contributed by atoms with Gasteiger partial charge in [-0.05, 0) is 68.5 Å². The first-order valence-corrected chi connectivity index (χ1v) is 11.5. The Hall–Kier alpha value is -3.32. The summed E-state index contributed by atoms with van der Waals surface area (Å²) >= 11 is 0. The molecule has 3 heterocycles. The molecule has 2 atom stereocenters. The van der Waals surface area contributed by atoms with Gasteiger partial charge in [-0.1, -0.05) is 12.1 Å². The summed E-state index contributed by atoms with van der Waals surface area (Å²) < 4.78 is 43.2. The lowest BCUT2D eigenvalue weighted by Gasteiger charge is -2.29. The first-order chi connectivity index (χ1) is 16.4. The number of pyridine rings is 1. The zero-order chi connectivity index (χ0) is 23.9. The highest BCUT2D eigenvalue weighted by molar-refractivity contribution is 5.91. The van der Waals surface area contributed by atoms with Crippen LogP contribution in [-0.4, -0.2) is 38.9 Å². The maximum absolute atomic E-state index is 13.8. The van der Waals surface area contributed by atoms with Crippen molar-refractivity contribution in [1.82, 2.24) is 19.7 Å². The van der Waals surface area contributed by atoms with Gasteiger partial charge in [0.05, 0.1) is 24.0 Å². The van der Waals surface area contributed by atoms with Crippen LogP contribution in [0.15, 0.2) is 41.3 Å². The molecule has 0 amide bonds. The highest BCUT2D eigenvalue weighted by atomic mass is 19.4. The van der Waals surface area contributed by atoms with E-state index in [0.717, 1.165) is 25.7 Å². The molecule has 34 heavy (non-hydrogen) atoms. The van der Waals surface area contributed by atoms with E-state index in [9.17, 15) is 23.2 Å². The van der Waals surface area contributed by atoms with Crippen LogP contribution >= 0.6 is 0 Å². The molecule has 2 fully saturated rings. The number of nitriles is 1. The van der Waals surface area contributed by atoms with Gasteiger partial charge in [-0.3, -0.25) is 14.4 Å². The third kappa shape index (κ3) is 4.28. The fourth-order valence-corrected chi connectivity index (χ4v) is 4.96. The van der Waals surface area contributed by atoms with Crippen LogP contribution in [0.25, 0.3) is 10.9 Å². The van der Waals surface area contributed by atoms with E-state index in [2.05, 4.69) is 21.5 Å². The van der Waals surface area contributed by atoms with Gasteiger partial charge >= 0.3 is 6.18 Å². The molecular formula is C24H25F3N6O. The Morgan fingerprint density at radius 1 is 1.18 bits per heavy atom. The third-order valence-corrected chi connectivity index (χ3v) is 6.72. The zero-order valence-electron chi connectivity index (χ0n) is 18.5. The molecule has 1 aliphatic carbocycles. The highest BCUT2D eigenvalue weighted by Gasteiger charge is 2.45. The van der Waals surface area contributed by atoms with E-state index in [-0.39, 0.29) is 23.6 Å². The quantitative estimate of drug-likeness (QED) is 0.505. The molecule has 0 bridgehead atoms. The zero-order valence-corrected chi connectivity index (χ0v) is 18.5. The number of H-pyrrole nitrogens is 1. The maximum Gasteiger partial charge on any atom is 0.408 e. The summed E-state index contributed by atoms with van der Waals surface area (Å²) in [7, 11) is 0. The van der Waals surface area contributed by atoms with Crippen molar-refractivity contribution in [2.45, 2.75) is 50.4 Å². The fourth-order valence-electron chi connectivity index (χ4n) is 4.96. The van der Waals surface area contributed by atoms with Gasteiger partial charge in [0, 0.05) is 11.9 Å². The molecule has 0 unspecified atom stereocenters. The average molecular weight is 470 g/mol. The van der Waals surface area contributed by atoms with Crippen LogP contribution in [0.3, 0.4) is 0 Å². The molecular weight excluding hydrogens is 445 g/mol. The van der Waals surface area contributed by atoms with Gasteiger partial charge in [0.25, 0.3) is 5.56 Å². The summed E-state index contributed by atoms with van der Waals surface area (Å²) in [6.07, 6.45) is 1.04. The summed E-state index contributed by atoms with van der Waals surface area (Å²) in [5, 5.41) is 17.4. The van der Waals surface area contributed by atoms with Crippen LogP contribution in [0.2, 0.25) is 0 Å². The van der Waals surface area contributed by atoms with Gasteiger partial charge in [0.2, 0.25) is 0 Å². The number of aromatic amines is 1. The Kier molecular flexibility index (Phi) is 5.81. The average Bonchev–Trinajstić information content (AvgIpc) is 3.37. The molecule has 2 aromatic heterocycles. The minimum atomic E-state index is -4.36. The summed E-state index contributed by atoms with van der Waals surface area (Å²) in [6.45, 7) is 0.864. The summed E-state index contributed by atoms with van der Waals surface area (Å²) in [4.78, 5) is 16.8. The second kappa shape index (κ2) is 8.80. The second-order valence-corrected chi connectivity index (χ2v) is 9.06. The number of halogens is 3. The number of alkyl halides is 3. The van der Waals surface area contributed by atoms with E-state index in [1.807, 2.05) is 0 Å². The monoisotopic (exact) mass is 470 g/mol. The lowest BCUT2D eigenvalue weighted by molar-refractivity contribution is -0.183. The van der Waals surface area contributed by atoms with Crippen LogP contribution in [0, 0.1) is 17.2 Å². The van der Waals surface area contributed by atoms with Gasteiger partial charge in [-0.25, -0.2) is 0 Å². The molecule has 7 nitrogen and oxygen atoms in total. The molecule has 3 aromatic rings. The normalized spacial score (nSPS) is 18.6. The van der Waals surface area contributed by atoms with Crippen molar-refractivity contribution in [2.24, 2.45) is 5.92 Å². The fraction of sp³-hybridized carbons (Fsp3) is 0.458. The number of fused-ring (bicyclic) bond motifs is 1. The van der Waals surface area contributed by atoms with Crippen LogP contribution in [0.1, 0.15) is 49.8 Å². The van der Waals surface area contributed by atoms with Crippen LogP contribution in [0.5, 0.6) is 0 Å². The molecule has 1 aromatic carbocycles. The van der Waals surface area contributed by atoms with E-state index >= 15 is 0 Å². The van der Waals surface area contributed by atoms with E-state index < -0.39 is 12.2 Å². The highest BCUT2D eigenvalue weighted by Crippen LogP contribution is 2.43. The molecule has 5 rings (SSSR count). The van der Waals surface area contributed by atoms with Crippen molar-refractivity contribution < 1.29 is 13.2 Å². The molecule has 2 N–H and O–H groups in total. The van der Waals surface area contributed by atoms with Crippen molar-refractivity contribution in [3.63, 3.8) is 0 Å². The molecule has 10 heteroatoms. The van der Waals surface area contributed by atoms with Crippen molar-refractivity contribution in [2.75, 3.05) is 18.4 Å². The molecule has 1 saturated heterocycles. The molecule has 178 valence electrons. The second-order valence-electron chi connectivity index (χ2n) is 9.06.